The summed E-state index contributed by atoms with van der Waals surface area (Å²) >= 11 is 1.08. The standard InChI is InChI=1S/C8H9N2OPS2/c1-12(10)14(11)8-4-2-7(3-5-8)13-6-9/h2-5H,10H2,1H3. The Hall–Kier alpha value is -0.400. The van der Waals surface area contributed by atoms with Crippen LogP contribution >= 0.6 is 19.0 Å². The number of rotatable bonds is 3. The van der Waals surface area contributed by atoms with Crippen molar-refractivity contribution in [1.82, 2.24) is 0 Å². The Morgan fingerprint density at radius 3 is 2.50 bits per heavy atom. The summed E-state index contributed by atoms with van der Waals surface area (Å²) in [5.41, 5.74) is 5.57. The van der Waals surface area contributed by atoms with E-state index in [9.17, 15) is 4.21 Å². The molecule has 2 N–H and O–H groups in total. The molecule has 2 atom stereocenters. The van der Waals surface area contributed by atoms with E-state index in [1.54, 1.807) is 30.9 Å². The first kappa shape index (κ1) is 11.7. The molecule has 0 heterocycles. The molecule has 1 aromatic carbocycles. The summed E-state index contributed by atoms with van der Waals surface area (Å²) in [5, 5.41) is 10.4. The topological polar surface area (TPSA) is 66.9 Å². The zero-order valence-corrected chi connectivity index (χ0v) is 10.0. The van der Waals surface area contributed by atoms with Crippen LogP contribution in [0.5, 0.6) is 0 Å². The van der Waals surface area contributed by atoms with Crippen LogP contribution < -0.4 is 5.50 Å². The molecule has 0 fully saturated rings. The van der Waals surface area contributed by atoms with Crippen LogP contribution in [-0.2, 0) is 10.4 Å². The minimum Gasteiger partial charge on any atom is -0.299 e. The number of thioether (sulfide) groups is 1. The van der Waals surface area contributed by atoms with E-state index in [4.69, 9.17) is 10.8 Å². The van der Waals surface area contributed by atoms with Crippen molar-refractivity contribution in [3.05, 3.63) is 24.3 Å². The fourth-order valence-electron chi connectivity index (χ4n) is 0.843. The smallest absolute Gasteiger partial charge is 0.138 e. The number of nitrogens with two attached hydrogens (primary N) is 1. The Balaban J connectivity index is 2.84. The lowest BCUT2D eigenvalue weighted by molar-refractivity contribution is 0.691. The minimum atomic E-state index is -1.10. The zero-order chi connectivity index (χ0) is 10.6. The summed E-state index contributed by atoms with van der Waals surface area (Å²) in [6.07, 6.45) is 0. The van der Waals surface area contributed by atoms with Gasteiger partial charge in [0.25, 0.3) is 0 Å². The average molecular weight is 244 g/mol. The number of thiocyanates is 1. The van der Waals surface area contributed by atoms with E-state index in [1.165, 1.54) is 0 Å². The molecule has 0 radical (unpaired) electrons. The molecule has 0 aliphatic carbocycles. The third kappa shape index (κ3) is 3.07. The summed E-state index contributed by atoms with van der Waals surface area (Å²) in [6.45, 7) is 1.77. The third-order valence-corrected chi connectivity index (χ3v) is 5.45. The molecule has 1 aromatic rings. The van der Waals surface area contributed by atoms with Gasteiger partial charge < -0.3 is 0 Å². The second kappa shape index (κ2) is 5.47. The van der Waals surface area contributed by atoms with Crippen LogP contribution in [0.25, 0.3) is 0 Å². The molecule has 0 spiro atoms. The summed E-state index contributed by atoms with van der Waals surface area (Å²) in [4.78, 5) is 1.58. The van der Waals surface area contributed by atoms with Crippen LogP contribution in [0.1, 0.15) is 0 Å². The van der Waals surface area contributed by atoms with Crippen molar-refractivity contribution in [3.8, 4) is 5.40 Å². The van der Waals surface area contributed by atoms with Gasteiger partial charge in [0.15, 0.2) is 0 Å². The normalized spacial score (nSPS) is 14.4. The predicted molar refractivity (Wildman–Crippen MR) is 61.4 cm³/mol. The van der Waals surface area contributed by atoms with Crippen molar-refractivity contribution in [3.63, 3.8) is 0 Å². The van der Waals surface area contributed by atoms with Gasteiger partial charge in [-0.1, -0.05) is 0 Å². The van der Waals surface area contributed by atoms with Crippen LogP contribution in [0.3, 0.4) is 0 Å². The molecule has 0 amide bonds. The number of hydrogen-bond donors (Lipinski definition) is 1. The van der Waals surface area contributed by atoms with Gasteiger partial charge in [-0.05, 0) is 42.7 Å². The lowest BCUT2D eigenvalue weighted by Gasteiger charge is -2.05. The quantitative estimate of drug-likeness (QED) is 0.503. The van der Waals surface area contributed by atoms with Gasteiger partial charge in [0.2, 0.25) is 0 Å². The Labute approximate surface area is 90.7 Å². The highest BCUT2D eigenvalue weighted by Crippen LogP contribution is 2.32. The highest BCUT2D eigenvalue weighted by Gasteiger charge is 2.08. The first-order valence-corrected chi connectivity index (χ1v) is 8.14. The minimum absolute atomic E-state index is 0.725. The first-order chi connectivity index (χ1) is 6.65. The first-order valence-electron chi connectivity index (χ1n) is 3.71. The van der Waals surface area contributed by atoms with E-state index < -0.39 is 17.7 Å². The molecule has 14 heavy (non-hydrogen) atoms. The summed E-state index contributed by atoms with van der Waals surface area (Å²) in [5.74, 6) is 0. The van der Waals surface area contributed by atoms with Gasteiger partial charge >= 0.3 is 0 Å². The van der Waals surface area contributed by atoms with E-state index in [2.05, 4.69) is 0 Å². The van der Waals surface area contributed by atoms with Crippen LogP contribution in [0.15, 0.2) is 34.1 Å². The van der Waals surface area contributed by atoms with Gasteiger partial charge in [-0.25, -0.2) is 4.21 Å². The average Bonchev–Trinajstić information content (AvgIpc) is 2.18. The van der Waals surface area contributed by atoms with Gasteiger partial charge in [0, 0.05) is 9.79 Å². The van der Waals surface area contributed by atoms with Gasteiger partial charge in [0.1, 0.15) is 5.40 Å². The van der Waals surface area contributed by atoms with Crippen LogP contribution in [0, 0.1) is 10.7 Å². The molecule has 3 nitrogen and oxygen atoms in total. The van der Waals surface area contributed by atoms with Gasteiger partial charge in [-0.15, -0.1) is 0 Å². The van der Waals surface area contributed by atoms with Crippen LogP contribution in [0.2, 0.25) is 0 Å². The molecule has 0 aromatic heterocycles. The maximum Gasteiger partial charge on any atom is 0.138 e. The summed E-state index contributed by atoms with van der Waals surface area (Å²) in [7, 11) is -2.05. The van der Waals surface area contributed by atoms with Crippen molar-refractivity contribution in [2.24, 2.45) is 5.50 Å². The molecule has 0 aliphatic heterocycles. The van der Waals surface area contributed by atoms with Crippen LogP contribution in [0.4, 0.5) is 0 Å². The van der Waals surface area contributed by atoms with Crippen molar-refractivity contribution in [1.29, 1.82) is 5.26 Å². The maximum atomic E-state index is 11.6. The number of nitriles is 1. The molecule has 0 saturated heterocycles. The fraction of sp³-hybridized carbons (Fsp3) is 0.125. The highest BCUT2D eigenvalue weighted by molar-refractivity contribution is 8.45. The van der Waals surface area contributed by atoms with E-state index >= 15 is 0 Å². The van der Waals surface area contributed by atoms with Crippen LogP contribution in [-0.4, -0.2) is 10.9 Å². The summed E-state index contributed by atoms with van der Waals surface area (Å²) < 4.78 is 11.6. The van der Waals surface area contributed by atoms with E-state index in [-0.39, 0.29) is 0 Å². The van der Waals surface area contributed by atoms with Gasteiger partial charge in [-0.2, -0.15) is 5.26 Å². The summed E-state index contributed by atoms with van der Waals surface area (Å²) in [6, 6.07) is 7.06. The zero-order valence-electron chi connectivity index (χ0n) is 7.51. The van der Waals surface area contributed by atoms with Crippen molar-refractivity contribution >= 4 is 29.5 Å². The predicted octanol–water partition coefficient (Wildman–Crippen LogP) is 2.27. The van der Waals surface area contributed by atoms with E-state index in [1.807, 2.05) is 5.40 Å². The fourth-order valence-corrected chi connectivity index (χ4v) is 3.28. The molecule has 2 unspecified atom stereocenters. The molecular weight excluding hydrogens is 235 g/mol. The Morgan fingerprint density at radius 2 is 2.07 bits per heavy atom. The van der Waals surface area contributed by atoms with E-state index in [0.29, 0.717) is 0 Å². The molecule has 0 saturated carbocycles. The SMILES string of the molecule is CP(N)S(=O)c1ccc(SC#N)cc1. The number of hydrogen-bond acceptors (Lipinski definition) is 4. The van der Waals surface area contributed by atoms with Gasteiger partial charge in [-0.3, -0.25) is 5.50 Å². The Bertz CT molecular complexity index is 372. The molecular formula is C8H9N2OPS2. The number of nitrogens with zero attached hydrogens (tertiary/aromatic N) is 1. The molecule has 0 bridgehead atoms. The van der Waals surface area contributed by atoms with Gasteiger partial charge in [0.05, 0.1) is 17.7 Å². The molecule has 74 valence electrons. The molecule has 0 aliphatic rings. The largest absolute Gasteiger partial charge is 0.299 e. The third-order valence-electron chi connectivity index (χ3n) is 1.45. The van der Waals surface area contributed by atoms with Crippen molar-refractivity contribution in [2.75, 3.05) is 6.66 Å². The second-order valence-electron chi connectivity index (χ2n) is 2.46. The number of benzene rings is 1. The molecule has 1 rings (SSSR count). The Kier molecular flexibility index (Phi) is 4.56. The lowest BCUT2D eigenvalue weighted by Crippen LogP contribution is -1.95. The van der Waals surface area contributed by atoms with Crippen molar-refractivity contribution < 1.29 is 4.21 Å². The lowest BCUT2D eigenvalue weighted by atomic mass is 10.4. The molecule has 6 heteroatoms. The highest BCUT2D eigenvalue weighted by atomic mass is 32.7. The second-order valence-corrected chi connectivity index (χ2v) is 8.10. The van der Waals surface area contributed by atoms with Crippen molar-refractivity contribution in [2.45, 2.75) is 9.79 Å². The van der Waals surface area contributed by atoms with E-state index in [0.717, 1.165) is 21.6 Å². The Morgan fingerprint density at radius 1 is 1.50 bits per heavy atom. The maximum absolute atomic E-state index is 11.6. The monoisotopic (exact) mass is 244 g/mol.